The minimum Gasteiger partial charge on any atom is -0.298 e. The summed E-state index contributed by atoms with van der Waals surface area (Å²) in [5.41, 5.74) is 3.49. The Bertz CT molecular complexity index is 715. The molecule has 1 heteroatoms. The van der Waals surface area contributed by atoms with Crippen LogP contribution < -0.4 is 0 Å². The van der Waals surface area contributed by atoms with Gasteiger partial charge in [-0.2, -0.15) is 0 Å². The van der Waals surface area contributed by atoms with E-state index in [9.17, 15) is 0 Å². The number of fused-ring (bicyclic) bond motifs is 1. The van der Waals surface area contributed by atoms with E-state index in [-0.39, 0.29) is 0 Å². The van der Waals surface area contributed by atoms with Gasteiger partial charge < -0.3 is 0 Å². The van der Waals surface area contributed by atoms with Crippen molar-refractivity contribution in [3.8, 4) is 0 Å². The van der Waals surface area contributed by atoms with Crippen molar-refractivity contribution in [2.45, 2.75) is 46.6 Å². The van der Waals surface area contributed by atoms with E-state index in [1.165, 1.54) is 35.6 Å². The normalized spacial score (nSPS) is 18.9. The summed E-state index contributed by atoms with van der Waals surface area (Å²) in [7, 11) is 2.25. The summed E-state index contributed by atoms with van der Waals surface area (Å²) in [5, 5.41) is 2.73. The van der Waals surface area contributed by atoms with Gasteiger partial charge in [0.05, 0.1) is 0 Å². The summed E-state index contributed by atoms with van der Waals surface area (Å²) in [4.78, 5) is 2.46. The van der Waals surface area contributed by atoms with Crippen LogP contribution in [0.1, 0.15) is 45.6 Å². The number of nitrogens with zero attached hydrogens (tertiary/aromatic N) is 1. The van der Waals surface area contributed by atoms with Crippen LogP contribution in [0.2, 0.25) is 0 Å². The predicted octanol–water partition coefficient (Wildman–Crippen LogP) is 6.04. The van der Waals surface area contributed by atoms with Gasteiger partial charge in [-0.25, -0.2) is 0 Å². The standard InChI is InChI=1S/C23H31N/c1-23(2,3)21-14-12-18(13-15-21)16-24(4)17-20-10-7-9-19-8-5-6-11-22(19)20/h5-12,21H,13-17H2,1-4H3. The van der Waals surface area contributed by atoms with Gasteiger partial charge in [0, 0.05) is 13.1 Å². The van der Waals surface area contributed by atoms with Gasteiger partial charge in [0.2, 0.25) is 0 Å². The first-order valence-electron chi connectivity index (χ1n) is 9.26. The number of likely N-dealkylation sites (N-methyl/N-ethyl adjacent to an activating group) is 1. The molecule has 128 valence electrons. The molecule has 24 heavy (non-hydrogen) atoms. The third kappa shape index (κ3) is 4.08. The Labute approximate surface area is 147 Å². The first-order chi connectivity index (χ1) is 11.4. The highest BCUT2D eigenvalue weighted by Gasteiger charge is 2.26. The molecule has 0 N–H and O–H groups in total. The first kappa shape index (κ1) is 17.2. The summed E-state index contributed by atoms with van der Waals surface area (Å²) in [6, 6.07) is 15.4. The zero-order chi connectivity index (χ0) is 17.2. The zero-order valence-electron chi connectivity index (χ0n) is 15.7. The average molecular weight is 322 g/mol. The van der Waals surface area contributed by atoms with E-state index in [1.807, 2.05) is 0 Å². The Balaban J connectivity index is 1.64. The van der Waals surface area contributed by atoms with Crippen LogP contribution in [0.15, 0.2) is 54.1 Å². The molecule has 0 amide bonds. The van der Waals surface area contributed by atoms with Crippen molar-refractivity contribution < 1.29 is 0 Å². The van der Waals surface area contributed by atoms with E-state index in [1.54, 1.807) is 5.57 Å². The third-order valence-corrected chi connectivity index (χ3v) is 5.52. The molecule has 1 atom stereocenters. The van der Waals surface area contributed by atoms with Crippen LogP contribution >= 0.6 is 0 Å². The second-order valence-electron chi connectivity index (χ2n) is 8.51. The molecule has 0 bridgehead atoms. The largest absolute Gasteiger partial charge is 0.298 e. The molecule has 1 unspecified atom stereocenters. The Morgan fingerprint density at radius 2 is 1.75 bits per heavy atom. The third-order valence-electron chi connectivity index (χ3n) is 5.52. The highest BCUT2D eigenvalue weighted by atomic mass is 15.1. The van der Waals surface area contributed by atoms with Crippen LogP contribution in [-0.2, 0) is 6.54 Å². The highest BCUT2D eigenvalue weighted by Crippen LogP contribution is 2.37. The van der Waals surface area contributed by atoms with Crippen molar-refractivity contribution in [2.24, 2.45) is 11.3 Å². The summed E-state index contributed by atoms with van der Waals surface area (Å²) >= 11 is 0. The second kappa shape index (κ2) is 7.11. The molecule has 0 heterocycles. The lowest BCUT2D eigenvalue weighted by molar-refractivity contribution is 0.217. The summed E-state index contributed by atoms with van der Waals surface area (Å²) < 4.78 is 0. The average Bonchev–Trinajstić information content (AvgIpc) is 2.55. The van der Waals surface area contributed by atoms with E-state index < -0.39 is 0 Å². The molecular formula is C23H31N. The van der Waals surface area contributed by atoms with Gasteiger partial charge in [0.1, 0.15) is 0 Å². The summed E-state index contributed by atoms with van der Waals surface area (Å²) in [5.74, 6) is 0.838. The molecule has 0 aromatic heterocycles. The molecule has 0 saturated heterocycles. The Kier molecular flexibility index (Phi) is 5.10. The lowest BCUT2D eigenvalue weighted by Gasteiger charge is -2.34. The van der Waals surface area contributed by atoms with Gasteiger partial charge in [0.25, 0.3) is 0 Å². The Morgan fingerprint density at radius 1 is 1.00 bits per heavy atom. The van der Waals surface area contributed by atoms with Crippen LogP contribution in [-0.4, -0.2) is 18.5 Å². The molecule has 1 aliphatic rings. The van der Waals surface area contributed by atoms with E-state index in [0.717, 1.165) is 19.0 Å². The fourth-order valence-corrected chi connectivity index (χ4v) is 3.94. The smallest absolute Gasteiger partial charge is 0.0240 e. The first-order valence-corrected chi connectivity index (χ1v) is 9.26. The topological polar surface area (TPSA) is 3.24 Å². The Morgan fingerprint density at radius 3 is 2.46 bits per heavy atom. The van der Waals surface area contributed by atoms with Crippen molar-refractivity contribution in [3.63, 3.8) is 0 Å². The van der Waals surface area contributed by atoms with Crippen molar-refractivity contribution >= 4 is 10.8 Å². The number of benzene rings is 2. The fraction of sp³-hybridized carbons (Fsp3) is 0.478. The molecule has 0 aliphatic heterocycles. The van der Waals surface area contributed by atoms with Crippen molar-refractivity contribution in [2.75, 3.05) is 13.6 Å². The van der Waals surface area contributed by atoms with Gasteiger partial charge in [-0.3, -0.25) is 4.90 Å². The van der Waals surface area contributed by atoms with Crippen molar-refractivity contribution in [1.29, 1.82) is 0 Å². The molecule has 0 saturated carbocycles. The SMILES string of the molecule is CN(CC1=CCC(C(C)(C)C)CC1)Cc1cccc2ccccc12. The summed E-state index contributed by atoms with van der Waals surface area (Å²) in [6.07, 6.45) is 6.37. The molecule has 2 aromatic rings. The molecule has 1 aliphatic carbocycles. The van der Waals surface area contributed by atoms with Gasteiger partial charge in [-0.15, -0.1) is 0 Å². The zero-order valence-corrected chi connectivity index (χ0v) is 15.7. The highest BCUT2D eigenvalue weighted by molar-refractivity contribution is 5.85. The van der Waals surface area contributed by atoms with Crippen molar-refractivity contribution in [1.82, 2.24) is 4.90 Å². The molecule has 0 radical (unpaired) electrons. The van der Waals surface area contributed by atoms with Crippen molar-refractivity contribution in [3.05, 3.63) is 59.7 Å². The lowest BCUT2D eigenvalue weighted by atomic mass is 9.73. The number of rotatable bonds is 4. The minimum absolute atomic E-state index is 0.441. The van der Waals surface area contributed by atoms with E-state index in [0.29, 0.717) is 5.41 Å². The minimum atomic E-state index is 0.441. The van der Waals surface area contributed by atoms with Crippen LogP contribution in [0.4, 0.5) is 0 Å². The summed E-state index contributed by atoms with van der Waals surface area (Å²) in [6.45, 7) is 9.25. The monoisotopic (exact) mass is 321 g/mol. The molecule has 2 aromatic carbocycles. The van der Waals surface area contributed by atoms with Gasteiger partial charge in [-0.1, -0.05) is 74.9 Å². The molecular weight excluding hydrogens is 290 g/mol. The Hall–Kier alpha value is -1.60. The van der Waals surface area contributed by atoms with E-state index >= 15 is 0 Å². The van der Waals surface area contributed by atoms with Gasteiger partial charge >= 0.3 is 0 Å². The molecule has 1 nitrogen and oxygen atoms in total. The number of allylic oxidation sites excluding steroid dienone is 1. The quantitative estimate of drug-likeness (QED) is 0.620. The van der Waals surface area contributed by atoms with Crippen LogP contribution in [0.5, 0.6) is 0 Å². The van der Waals surface area contributed by atoms with E-state index in [4.69, 9.17) is 0 Å². The predicted molar refractivity (Wildman–Crippen MR) is 105 cm³/mol. The lowest BCUT2D eigenvalue weighted by Crippen LogP contribution is -2.26. The van der Waals surface area contributed by atoms with Crippen LogP contribution in [0.25, 0.3) is 10.8 Å². The fourth-order valence-electron chi connectivity index (χ4n) is 3.94. The maximum absolute atomic E-state index is 2.51. The van der Waals surface area contributed by atoms with Gasteiger partial charge in [0.15, 0.2) is 0 Å². The van der Waals surface area contributed by atoms with E-state index in [2.05, 4.69) is 81.3 Å². The molecule has 0 spiro atoms. The second-order valence-corrected chi connectivity index (χ2v) is 8.51. The molecule has 0 fully saturated rings. The van der Waals surface area contributed by atoms with Crippen LogP contribution in [0.3, 0.4) is 0 Å². The maximum atomic E-state index is 2.51. The number of hydrogen-bond acceptors (Lipinski definition) is 1. The molecule has 3 rings (SSSR count). The maximum Gasteiger partial charge on any atom is 0.0240 e. The van der Waals surface area contributed by atoms with Gasteiger partial charge in [-0.05, 0) is 54.0 Å². The van der Waals surface area contributed by atoms with Crippen LogP contribution in [0, 0.1) is 11.3 Å². The number of hydrogen-bond donors (Lipinski definition) is 0.